The number of hydrogen-bond donors (Lipinski definition) is 3. The lowest BCUT2D eigenvalue weighted by atomic mass is 10.1. The van der Waals surface area contributed by atoms with Gasteiger partial charge in [0.2, 0.25) is 0 Å². The molecule has 0 bridgehead atoms. The summed E-state index contributed by atoms with van der Waals surface area (Å²) in [6, 6.07) is 13.8. The monoisotopic (exact) mass is 398 g/mol. The van der Waals surface area contributed by atoms with Crippen LogP contribution in [0.2, 0.25) is 0 Å². The van der Waals surface area contributed by atoms with Gasteiger partial charge in [0.05, 0.1) is 6.61 Å². The fourth-order valence-electron chi connectivity index (χ4n) is 2.73. The average molecular weight is 399 g/mol. The van der Waals surface area contributed by atoms with E-state index in [0.29, 0.717) is 18.9 Å². The largest absolute Gasteiger partial charge is 0.494 e. The Bertz CT molecular complexity index is 819. The van der Waals surface area contributed by atoms with E-state index >= 15 is 0 Å². The van der Waals surface area contributed by atoms with Crippen molar-refractivity contribution < 1.29 is 14.3 Å². The Morgan fingerprint density at radius 1 is 1.10 bits per heavy atom. The molecule has 0 aromatic heterocycles. The van der Waals surface area contributed by atoms with Crippen LogP contribution in [0.25, 0.3) is 0 Å². The van der Waals surface area contributed by atoms with Crippen molar-refractivity contribution in [3.63, 3.8) is 0 Å². The van der Waals surface area contributed by atoms with E-state index in [0.717, 1.165) is 35.8 Å². The molecule has 7 heteroatoms. The lowest BCUT2D eigenvalue weighted by molar-refractivity contribution is -0.119. The van der Waals surface area contributed by atoms with Crippen molar-refractivity contribution in [1.29, 1.82) is 0 Å². The summed E-state index contributed by atoms with van der Waals surface area (Å²) in [5.74, 6) is 1.76. The zero-order chi connectivity index (χ0) is 21.1. The number of aliphatic imine (C=N–C) groups is 1. The second-order valence-electron chi connectivity index (χ2n) is 6.55. The second kappa shape index (κ2) is 11.6. The normalized spacial score (nSPS) is 11.1. The molecule has 1 amide bonds. The third kappa shape index (κ3) is 7.73. The van der Waals surface area contributed by atoms with Crippen LogP contribution in [0.3, 0.4) is 0 Å². The average Bonchev–Trinajstić information content (AvgIpc) is 2.71. The molecule has 0 aliphatic carbocycles. The molecule has 0 atom stereocenters. The van der Waals surface area contributed by atoms with Gasteiger partial charge in [0.25, 0.3) is 5.91 Å². The topological polar surface area (TPSA) is 98.0 Å². The summed E-state index contributed by atoms with van der Waals surface area (Å²) in [5.41, 5.74) is 8.48. The van der Waals surface area contributed by atoms with E-state index in [1.807, 2.05) is 37.3 Å². The Kier molecular flexibility index (Phi) is 8.82. The maximum Gasteiger partial charge on any atom is 0.255 e. The molecule has 7 nitrogen and oxygen atoms in total. The highest BCUT2D eigenvalue weighted by Crippen LogP contribution is 2.20. The highest BCUT2D eigenvalue weighted by molar-refractivity contribution is 5.79. The molecule has 2 rings (SSSR count). The van der Waals surface area contributed by atoms with Crippen LogP contribution in [0.1, 0.15) is 23.6 Å². The number of primary amides is 1. The number of hydrogen-bond acceptors (Lipinski definition) is 4. The van der Waals surface area contributed by atoms with E-state index in [4.69, 9.17) is 15.2 Å². The van der Waals surface area contributed by atoms with E-state index in [9.17, 15) is 4.79 Å². The molecular formula is C22H30N4O3. The smallest absolute Gasteiger partial charge is 0.255 e. The van der Waals surface area contributed by atoms with Gasteiger partial charge >= 0.3 is 0 Å². The summed E-state index contributed by atoms with van der Waals surface area (Å²) in [4.78, 5) is 15.0. The molecule has 0 fully saturated rings. The number of nitrogens with one attached hydrogen (secondary N) is 2. The first-order valence-corrected chi connectivity index (χ1v) is 9.68. The number of carbonyl (C=O) groups is 1. The molecule has 0 unspecified atom stereocenters. The van der Waals surface area contributed by atoms with Gasteiger partial charge < -0.3 is 25.8 Å². The number of aryl methyl sites for hydroxylation is 1. The van der Waals surface area contributed by atoms with Crippen molar-refractivity contribution in [2.75, 3.05) is 26.8 Å². The molecule has 0 spiro atoms. The van der Waals surface area contributed by atoms with Crippen LogP contribution >= 0.6 is 0 Å². The lowest BCUT2D eigenvalue weighted by Gasteiger charge is -2.15. The zero-order valence-corrected chi connectivity index (χ0v) is 17.3. The first-order valence-electron chi connectivity index (χ1n) is 9.68. The van der Waals surface area contributed by atoms with E-state index in [2.05, 4.69) is 34.7 Å². The third-order valence-electron chi connectivity index (χ3n) is 4.20. The van der Waals surface area contributed by atoms with E-state index in [-0.39, 0.29) is 6.61 Å². The Balaban J connectivity index is 1.80. The van der Waals surface area contributed by atoms with Crippen molar-refractivity contribution in [2.24, 2.45) is 10.7 Å². The number of amides is 1. The van der Waals surface area contributed by atoms with E-state index < -0.39 is 5.91 Å². The number of guanidine groups is 1. The maximum atomic E-state index is 10.7. The summed E-state index contributed by atoms with van der Waals surface area (Å²) in [6.45, 7) is 5.91. The molecule has 4 N–H and O–H groups in total. The van der Waals surface area contributed by atoms with Gasteiger partial charge in [-0.3, -0.25) is 9.79 Å². The maximum absolute atomic E-state index is 10.7. The van der Waals surface area contributed by atoms with Gasteiger partial charge in [0.1, 0.15) is 11.5 Å². The van der Waals surface area contributed by atoms with Gasteiger partial charge in [0.15, 0.2) is 12.6 Å². The SMILES string of the molecule is CCOc1cc(C)ccc1CNC(=NC)NCCc1ccc(OCC(N)=O)cc1. The Hall–Kier alpha value is -3.22. The van der Waals surface area contributed by atoms with Gasteiger partial charge in [-0.15, -0.1) is 0 Å². The van der Waals surface area contributed by atoms with Gasteiger partial charge in [0, 0.05) is 25.7 Å². The minimum Gasteiger partial charge on any atom is -0.494 e. The van der Waals surface area contributed by atoms with Crippen molar-refractivity contribution in [2.45, 2.75) is 26.8 Å². The molecule has 0 saturated carbocycles. The van der Waals surface area contributed by atoms with Gasteiger partial charge in [-0.05, 0) is 49.6 Å². The zero-order valence-electron chi connectivity index (χ0n) is 17.3. The molecule has 156 valence electrons. The Labute approximate surface area is 172 Å². The first kappa shape index (κ1) is 22.1. The van der Waals surface area contributed by atoms with Crippen LogP contribution in [-0.4, -0.2) is 38.7 Å². The van der Waals surface area contributed by atoms with Crippen molar-refractivity contribution in [3.05, 3.63) is 59.2 Å². The Morgan fingerprint density at radius 2 is 1.86 bits per heavy atom. The van der Waals surface area contributed by atoms with Crippen LogP contribution < -0.4 is 25.8 Å². The minimum absolute atomic E-state index is 0.116. The molecule has 29 heavy (non-hydrogen) atoms. The standard InChI is InChI=1S/C22H30N4O3/c1-4-28-20-13-16(2)5-8-18(20)14-26-22(24-3)25-12-11-17-6-9-19(10-7-17)29-15-21(23)27/h5-10,13H,4,11-12,14-15H2,1-3H3,(H2,23,27)(H2,24,25,26). The third-order valence-corrected chi connectivity index (χ3v) is 4.20. The van der Waals surface area contributed by atoms with Gasteiger partial charge in [-0.25, -0.2) is 0 Å². The summed E-state index contributed by atoms with van der Waals surface area (Å²) in [7, 11) is 1.75. The van der Waals surface area contributed by atoms with Crippen LogP contribution in [0.4, 0.5) is 0 Å². The lowest BCUT2D eigenvalue weighted by Crippen LogP contribution is -2.37. The highest BCUT2D eigenvalue weighted by atomic mass is 16.5. The van der Waals surface area contributed by atoms with Crippen molar-refractivity contribution in [3.8, 4) is 11.5 Å². The van der Waals surface area contributed by atoms with Crippen molar-refractivity contribution in [1.82, 2.24) is 10.6 Å². The molecule has 0 saturated heterocycles. The summed E-state index contributed by atoms with van der Waals surface area (Å²) < 4.78 is 11.0. The van der Waals surface area contributed by atoms with Gasteiger partial charge in [-0.2, -0.15) is 0 Å². The number of benzene rings is 2. The quantitative estimate of drug-likeness (QED) is 0.421. The van der Waals surface area contributed by atoms with Crippen LogP contribution in [0.15, 0.2) is 47.5 Å². The van der Waals surface area contributed by atoms with E-state index in [1.165, 1.54) is 5.56 Å². The Morgan fingerprint density at radius 3 is 2.52 bits per heavy atom. The number of rotatable bonds is 10. The van der Waals surface area contributed by atoms with Crippen molar-refractivity contribution >= 4 is 11.9 Å². The molecule has 0 aliphatic rings. The molecule has 2 aromatic rings. The minimum atomic E-state index is -0.490. The van der Waals surface area contributed by atoms with Gasteiger partial charge in [-0.1, -0.05) is 24.3 Å². The molecule has 0 aliphatic heterocycles. The predicted octanol–water partition coefficient (Wildman–Crippen LogP) is 2.17. The number of carbonyl (C=O) groups excluding carboxylic acids is 1. The summed E-state index contributed by atoms with van der Waals surface area (Å²) >= 11 is 0. The molecular weight excluding hydrogens is 368 g/mol. The first-order chi connectivity index (χ1) is 14.0. The predicted molar refractivity (Wildman–Crippen MR) is 115 cm³/mol. The number of nitrogens with zero attached hydrogens (tertiary/aromatic N) is 1. The molecule has 0 heterocycles. The fraction of sp³-hybridized carbons (Fsp3) is 0.364. The second-order valence-corrected chi connectivity index (χ2v) is 6.55. The summed E-state index contributed by atoms with van der Waals surface area (Å²) in [6.07, 6.45) is 0.825. The number of nitrogens with two attached hydrogens (primary N) is 1. The summed E-state index contributed by atoms with van der Waals surface area (Å²) in [5, 5.41) is 6.63. The number of ether oxygens (including phenoxy) is 2. The van der Waals surface area contributed by atoms with E-state index in [1.54, 1.807) is 7.05 Å². The molecule has 2 aromatic carbocycles. The van der Waals surface area contributed by atoms with Crippen LogP contribution in [0, 0.1) is 6.92 Å². The van der Waals surface area contributed by atoms with Crippen LogP contribution in [0.5, 0.6) is 11.5 Å². The van der Waals surface area contributed by atoms with Crippen LogP contribution in [-0.2, 0) is 17.8 Å². The highest BCUT2D eigenvalue weighted by Gasteiger charge is 2.06. The molecule has 0 radical (unpaired) electrons. The fourth-order valence-corrected chi connectivity index (χ4v) is 2.73.